The second kappa shape index (κ2) is 6.54. The third kappa shape index (κ3) is 3.29. The van der Waals surface area contributed by atoms with E-state index < -0.39 is 0 Å². The zero-order valence-corrected chi connectivity index (χ0v) is 14.2. The van der Waals surface area contributed by atoms with Crippen molar-refractivity contribution >= 4 is 34.5 Å². The van der Waals surface area contributed by atoms with Crippen molar-refractivity contribution in [2.45, 2.75) is 33.1 Å². The van der Waals surface area contributed by atoms with E-state index in [1.807, 2.05) is 37.3 Å². The van der Waals surface area contributed by atoms with Gasteiger partial charge in [-0.3, -0.25) is 9.59 Å². The second-order valence-electron chi connectivity index (χ2n) is 5.70. The first kappa shape index (κ1) is 15.7. The monoisotopic (exact) mass is 328 g/mol. The summed E-state index contributed by atoms with van der Waals surface area (Å²) in [5.41, 5.74) is 2.79. The summed E-state index contributed by atoms with van der Waals surface area (Å²) in [7, 11) is 0. The van der Waals surface area contributed by atoms with Gasteiger partial charge in [0.1, 0.15) is 0 Å². The first-order chi connectivity index (χ1) is 11.1. The molecule has 2 aromatic rings. The maximum absolute atomic E-state index is 12.4. The number of nitrogens with one attached hydrogen (secondary N) is 1. The largest absolute Gasteiger partial charge is 0.321 e. The van der Waals surface area contributed by atoms with Gasteiger partial charge in [0.05, 0.1) is 4.88 Å². The van der Waals surface area contributed by atoms with Crippen LogP contribution in [-0.4, -0.2) is 18.4 Å². The molecule has 0 saturated carbocycles. The van der Waals surface area contributed by atoms with Crippen LogP contribution in [0.25, 0.3) is 0 Å². The molecule has 3 rings (SSSR count). The van der Waals surface area contributed by atoms with Crippen LogP contribution in [0.2, 0.25) is 0 Å². The van der Waals surface area contributed by atoms with Crippen LogP contribution in [0.4, 0.5) is 11.4 Å². The van der Waals surface area contributed by atoms with Crippen LogP contribution < -0.4 is 10.2 Å². The van der Waals surface area contributed by atoms with Gasteiger partial charge in [0.25, 0.3) is 5.91 Å². The molecule has 0 unspecified atom stereocenters. The number of carbonyl (C=O) groups excluding carboxylic acids is 2. The maximum atomic E-state index is 12.4. The fraction of sp³-hybridized carbons (Fsp3) is 0.333. The van der Waals surface area contributed by atoms with Gasteiger partial charge in [-0.25, -0.2) is 0 Å². The van der Waals surface area contributed by atoms with E-state index in [1.54, 1.807) is 4.90 Å². The fourth-order valence-corrected chi connectivity index (χ4v) is 3.86. The van der Waals surface area contributed by atoms with Crippen molar-refractivity contribution in [2.75, 3.05) is 16.8 Å². The van der Waals surface area contributed by atoms with Gasteiger partial charge in [-0.1, -0.05) is 13.0 Å². The van der Waals surface area contributed by atoms with E-state index in [4.69, 9.17) is 0 Å². The first-order valence-electron chi connectivity index (χ1n) is 7.89. The Morgan fingerprint density at radius 3 is 2.83 bits per heavy atom. The molecule has 1 aliphatic heterocycles. The molecule has 0 radical (unpaired) electrons. The lowest BCUT2D eigenvalue weighted by molar-refractivity contribution is -0.117. The van der Waals surface area contributed by atoms with Gasteiger partial charge in [0.2, 0.25) is 5.91 Å². The highest BCUT2D eigenvalue weighted by molar-refractivity contribution is 7.14. The van der Waals surface area contributed by atoms with Crippen LogP contribution in [-0.2, 0) is 11.2 Å². The molecule has 23 heavy (non-hydrogen) atoms. The Kier molecular flexibility index (Phi) is 4.48. The van der Waals surface area contributed by atoms with E-state index in [-0.39, 0.29) is 11.8 Å². The lowest BCUT2D eigenvalue weighted by atomic mass is 10.2. The lowest BCUT2D eigenvalue weighted by Crippen LogP contribution is -2.23. The summed E-state index contributed by atoms with van der Waals surface area (Å²) in [6.07, 6.45) is 2.43. The second-order valence-corrected chi connectivity index (χ2v) is 6.96. The molecular formula is C18H20N2O2S. The molecule has 1 aromatic heterocycles. The molecule has 1 fully saturated rings. The standard InChI is InChI=1S/C18H20N2O2S/c1-3-13-10-16(23-12(13)2)18(22)19-14-6-4-7-15(11-14)20-9-5-8-17(20)21/h4,6-7,10-11H,3,5,8-9H2,1-2H3,(H,19,22). The lowest BCUT2D eigenvalue weighted by Gasteiger charge is -2.16. The fourth-order valence-electron chi connectivity index (χ4n) is 2.85. The Labute approximate surface area is 140 Å². The predicted molar refractivity (Wildman–Crippen MR) is 94.4 cm³/mol. The van der Waals surface area contributed by atoms with Crippen LogP contribution >= 0.6 is 11.3 Å². The molecule has 0 aliphatic carbocycles. The molecule has 2 heterocycles. The summed E-state index contributed by atoms with van der Waals surface area (Å²) in [5.74, 6) is 0.0534. The highest BCUT2D eigenvalue weighted by Gasteiger charge is 2.22. The van der Waals surface area contributed by atoms with Crippen molar-refractivity contribution in [2.24, 2.45) is 0 Å². The number of amides is 2. The van der Waals surface area contributed by atoms with Crippen molar-refractivity contribution in [3.63, 3.8) is 0 Å². The van der Waals surface area contributed by atoms with E-state index in [0.29, 0.717) is 6.42 Å². The number of carbonyl (C=O) groups is 2. The Morgan fingerprint density at radius 1 is 1.35 bits per heavy atom. The Hall–Kier alpha value is -2.14. The summed E-state index contributed by atoms with van der Waals surface area (Å²) in [6.45, 7) is 4.88. The SMILES string of the molecule is CCc1cc(C(=O)Nc2cccc(N3CCCC3=O)c2)sc1C. The summed E-state index contributed by atoms with van der Waals surface area (Å²) < 4.78 is 0. The minimum Gasteiger partial charge on any atom is -0.321 e. The van der Waals surface area contributed by atoms with Crippen LogP contribution in [0.3, 0.4) is 0 Å². The third-order valence-corrected chi connectivity index (χ3v) is 5.21. The number of hydrogen-bond acceptors (Lipinski definition) is 3. The normalized spacial score (nSPS) is 14.3. The molecule has 0 bridgehead atoms. The maximum Gasteiger partial charge on any atom is 0.265 e. The minimum atomic E-state index is -0.0947. The molecule has 4 nitrogen and oxygen atoms in total. The van der Waals surface area contributed by atoms with Gasteiger partial charge in [0.15, 0.2) is 0 Å². The molecule has 120 valence electrons. The minimum absolute atomic E-state index is 0.0947. The Morgan fingerprint density at radius 2 is 2.17 bits per heavy atom. The quantitative estimate of drug-likeness (QED) is 0.922. The van der Waals surface area contributed by atoms with Crippen LogP contribution in [0.15, 0.2) is 30.3 Å². The average molecular weight is 328 g/mol. The molecule has 5 heteroatoms. The van der Waals surface area contributed by atoms with Gasteiger partial charge in [-0.15, -0.1) is 11.3 Å². The zero-order chi connectivity index (χ0) is 16.4. The summed E-state index contributed by atoms with van der Waals surface area (Å²) in [6, 6.07) is 9.45. The molecule has 2 amide bonds. The van der Waals surface area contributed by atoms with Crippen LogP contribution in [0.5, 0.6) is 0 Å². The van der Waals surface area contributed by atoms with Gasteiger partial charge in [-0.05, 0) is 49.6 Å². The highest BCUT2D eigenvalue weighted by Crippen LogP contribution is 2.26. The van der Waals surface area contributed by atoms with Crippen LogP contribution in [0, 0.1) is 6.92 Å². The first-order valence-corrected chi connectivity index (χ1v) is 8.71. The number of nitrogens with zero attached hydrogens (tertiary/aromatic N) is 1. The number of anilines is 2. The molecule has 0 spiro atoms. The number of thiophene rings is 1. The third-order valence-electron chi connectivity index (χ3n) is 4.11. The number of aryl methyl sites for hydroxylation is 2. The predicted octanol–water partition coefficient (Wildman–Crippen LogP) is 4.00. The number of hydrogen-bond donors (Lipinski definition) is 1. The topological polar surface area (TPSA) is 49.4 Å². The molecule has 1 aliphatic rings. The summed E-state index contributed by atoms with van der Waals surface area (Å²) in [5, 5.41) is 2.94. The van der Waals surface area contributed by atoms with E-state index >= 15 is 0 Å². The van der Waals surface area contributed by atoms with E-state index in [1.165, 1.54) is 21.8 Å². The van der Waals surface area contributed by atoms with Crippen molar-refractivity contribution in [1.82, 2.24) is 0 Å². The molecule has 1 N–H and O–H groups in total. The molecular weight excluding hydrogens is 308 g/mol. The van der Waals surface area contributed by atoms with Gasteiger partial charge in [-0.2, -0.15) is 0 Å². The van der Waals surface area contributed by atoms with Crippen molar-refractivity contribution in [3.05, 3.63) is 45.6 Å². The van der Waals surface area contributed by atoms with Gasteiger partial charge < -0.3 is 10.2 Å². The summed E-state index contributed by atoms with van der Waals surface area (Å²) in [4.78, 5) is 27.9. The smallest absolute Gasteiger partial charge is 0.265 e. The molecule has 1 saturated heterocycles. The van der Waals surface area contributed by atoms with Gasteiger partial charge in [0, 0.05) is 29.2 Å². The highest BCUT2D eigenvalue weighted by atomic mass is 32.1. The zero-order valence-electron chi connectivity index (χ0n) is 13.4. The summed E-state index contributed by atoms with van der Waals surface area (Å²) >= 11 is 1.52. The van der Waals surface area contributed by atoms with E-state index in [9.17, 15) is 9.59 Å². The van der Waals surface area contributed by atoms with Crippen molar-refractivity contribution in [3.8, 4) is 0 Å². The van der Waals surface area contributed by atoms with Gasteiger partial charge >= 0.3 is 0 Å². The Balaban J connectivity index is 1.77. The Bertz CT molecular complexity index is 751. The molecule has 1 aromatic carbocycles. The van der Waals surface area contributed by atoms with Crippen molar-refractivity contribution < 1.29 is 9.59 Å². The number of benzene rings is 1. The molecule has 0 atom stereocenters. The van der Waals surface area contributed by atoms with Crippen LogP contribution in [0.1, 0.15) is 39.9 Å². The van der Waals surface area contributed by atoms with E-state index in [2.05, 4.69) is 12.2 Å². The number of rotatable bonds is 4. The van der Waals surface area contributed by atoms with Crippen molar-refractivity contribution in [1.29, 1.82) is 0 Å². The average Bonchev–Trinajstić information content (AvgIpc) is 3.13. The van der Waals surface area contributed by atoms with E-state index in [0.717, 1.165) is 35.6 Å².